The Morgan fingerprint density at radius 2 is 2.00 bits per heavy atom. The first-order chi connectivity index (χ1) is 11.6. The molecule has 0 unspecified atom stereocenters. The Labute approximate surface area is 139 Å². The van der Waals surface area contributed by atoms with E-state index in [0.29, 0.717) is 12.2 Å². The number of rotatable bonds is 4. The van der Waals surface area contributed by atoms with E-state index >= 15 is 0 Å². The lowest BCUT2D eigenvalue weighted by Gasteiger charge is -2.18. The van der Waals surface area contributed by atoms with E-state index in [9.17, 15) is 4.79 Å². The summed E-state index contributed by atoms with van der Waals surface area (Å²) in [6.45, 7) is 2.50. The van der Waals surface area contributed by atoms with Gasteiger partial charge in [-0.15, -0.1) is 5.10 Å². The summed E-state index contributed by atoms with van der Waals surface area (Å²) in [6.07, 6.45) is 1.52. The highest BCUT2D eigenvalue weighted by Crippen LogP contribution is 2.18. The minimum Gasteiger partial charge on any atom is -0.323 e. The fourth-order valence-corrected chi connectivity index (χ4v) is 2.35. The third kappa shape index (κ3) is 3.57. The van der Waals surface area contributed by atoms with Crippen molar-refractivity contribution in [1.29, 1.82) is 0 Å². The van der Waals surface area contributed by atoms with Crippen LogP contribution in [0.1, 0.15) is 11.1 Å². The van der Waals surface area contributed by atoms with Crippen molar-refractivity contribution < 1.29 is 4.79 Å². The minimum absolute atomic E-state index is 0.176. The van der Waals surface area contributed by atoms with Gasteiger partial charge in [-0.1, -0.05) is 36.4 Å². The number of hydrogen-bond donors (Lipinski definition) is 1. The smallest absolute Gasteiger partial charge is 0.321 e. The van der Waals surface area contributed by atoms with Crippen LogP contribution in [0.4, 0.5) is 10.5 Å². The average Bonchev–Trinajstić information content (AvgIpc) is 3.11. The largest absolute Gasteiger partial charge is 0.323 e. The SMILES string of the molecule is Cc1ccc(NC(=O)N(C)Cc2ccccc2)cc1-n1cnnn1. The number of aromatic nitrogens is 4. The van der Waals surface area contributed by atoms with Gasteiger partial charge in [0.2, 0.25) is 0 Å². The van der Waals surface area contributed by atoms with Crippen LogP contribution in [0.15, 0.2) is 54.9 Å². The Balaban J connectivity index is 1.71. The van der Waals surface area contributed by atoms with Crippen molar-refractivity contribution >= 4 is 11.7 Å². The van der Waals surface area contributed by atoms with Crippen molar-refractivity contribution in [3.63, 3.8) is 0 Å². The normalized spacial score (nSPS) is 10.4. The Bertz CT molecular complexity index is 816. The molecule has 3 rings (SSSR count). The molecule has 0 aliphatic heterocycles. The van der Waals surface area contributed by atoms with Gasteiger partial charge in [0.15, 0.2) is 0 Å². The predicted molar refractivity (Wildman–Crippen MR) is 90.8 cm³/mol. The van der Waals surface area contributed by atoms with Crippen LogP contribution in [0, 0.1) is 6.92 Å². The van der Waals surface area contributed by atoms with Crippen molar-refractivity contribution in [2.24, 2.45) is 0 Å². The second-order valence-electron chi connectivity index (χ2n) is 5.53. The molecule has 2 amide bonds. The van der Waals surface area contributed by atoms with Crippen LogP contribution in [-0.4, -0.2) is 38.2 Å². The highest BCUT2D eigenvalue weighted by molar-refractivity contribution is 5.89. The number of nitrogens with zero attached hydrogens (tertiary/aromatic N) is 5. The van der Waals surface area contributed by atoms with E-state index < -0.39 is 0 Å². The molecule has 1 heterocycles. The molecule has 0 fully saturated rings. The Morgan fingerprint density at radius 1 is 1.21 bits per heavy atom. The second-order valence-corrected chi connectivity index (χ2v) is 5.53. The van der Waals surface area contributed by atoms with E-state index in [-0.39, 0.29) is 6.03 Å². The summed E-state index contributed by atoms with van der Waals surface area (Å²) < 4.78 is 1.57. The number of nitrogens with one attached hydrogen (secondary N) is 1. The molecule has 0 saturated heterocycles. The molecule has 122 valence electrons. The summed E-state index contributed by atoms with van der Waals surface area (Å²) in [7, 11) is 1.76. The van der Waals surface area contributed by atoms with Gasteiger partial charge < -0.3 is 10.2 Å². The lowest BCUT2D eigenvalue weighted by molar-refractivity contribution is 0.220. The molecular weight excluding hydrogens is 304 g/mol. The summed E-state index contributed by atoms with van der Waals surface area (Å²) in [5.41, 5.74) is 3.60. The first-order valence-electron chi connectivity index (χ1n) is 7.53. The third-order valence-corrected chi connectivity index (χ3v) is 3.67. The van der Waals surface area contributed by atoms with Gasteiger partial charge in [0.1, 0.15) is 6.33 Å². The Morgan fingerprint density at radius 3 is 2.71 bits per heavy atom. The molecular formula is C17H18N6O. The summed E-state index contributed by atoms with van der Waals surface area (Å²) in [4.78, 5) is 14.0. The average molecular weight is 322 g/mol. The molecule has 7 heteroatoms. The van der Waals surface area contributed by atoms with E-state index in [2.05, 4.69) is 20.8 Å². The van der Waals surface area contributed by atoms with Crippen molar-refractivity contribution in [3.05, 3.63) is 66.0 Å². The molecule has 0 bridgehead atoms. The summed E-state index contributed by atoms with van der Waals surface area (Å²) in [6, 6.07) is 15.3. The van der Waals surface area contributed by atoms with E-state index in [1.165, 1.54) is 6.33 Å². The summed E-state index contributed by atoms with van der Waals surface area (Å²) in [5.74, 6) is 0. The fraction of sp³-hybridized carbons (Fsp3) is 0.176. The zero-order chi connectivity index (χ0) is 16.9. The number of hydrogen-bond acceptors (Lipinski definition) is 4. The van der Waals surface area contributed by atoms with Crippen LogP contribution in [-0.2, 0) is 6.54 Å². The van der Waals surface area contributed by atoms with Crippen LogP contribution in [0.25, 0.3) is 5.69 Å². The second kappa shape index (κ2) is 6.91. The van der Waals surface area contributed by atoms with Gasteiger partial charge in [0.05, 0.1) is 5.69 Å². The number of carbonyl (C=O) groups is 1. The molecule has 0 saturated carbocycles. The maximum atomic E-state index is 12.4. The molecule has 24 heavy (non-hydrogen) atoms. The zero-order valence-electron chi connectivity index (χ0n) is 13.5. The quantitative estimate of drug-likeness (QED) is 0.801. The fourth-order valence-electron chi connectivity index (χ4n) is 2.35. The van der Waals surface area contributed by atoms with Gasteiger partial charge in [0, 0.05) is 19.3 Å². The molecule has 1 aromatic heterocycles. The van der Waals surface area contributed by atoms with Gasteiger partial charge >= 0.3 is 6.03 Å². The first kappa shape index (κ1) is 15.7. The van der Waals surface area contributed by atoms with Crippen LogP contribution in [0.3, 0.4) is 0 Å². The van der Waals surface area contributed by atoms with Gasteiger partial charge in [0.25, 0.3) is 0 Å². The number of anilines is 1. The van der Waals surface area contributed by atoms with Gasteiger partial charge in [-0.25, -0.2) is 9.48 Å². The highest BCUT2D eigenvalue weighted by atomic mass is 16.2. The molecule has 3 aromatic rings. The van der Waals surface area contributed by atoms with E-state index in [1.54, 1.807) is 16.6 Å². The monoisotopic (exact) mass is 322 g/mol. The summed E-state index contributed by atoms with van der Waals surface area (Å²) >= 11 is 0. The lowest BCUT2D eigenvalue weighted by atomic mass is 10.2. The van der Waals surface area contributed by atoms with Crippen molar-refractivity contribution in [2.45, 2.75) is 13.5 Å². The molecule has 2 aromatic carbocycles. The zero-order valence-corrected chi connectivity index (χ0v) is 13.5. The minimum atomic E-state index is -0.176. The summed E-state index contributed by atoms with van der Waals surface area (Å²) in [5, 5.41) is 14.1. The Kier molecular flexibility index (Phi) is 4.51. The van der Waals surface area contributed by atoms with E-state index in [1.807, 2.05) is 55.5 Å². The maximum Gasteiger partial charge on any atom is 0.321 e. The van der Waals surface area contributed by atoms with E-state index in [4.69, 9.17) is 0 Å². The lowest BCUT2D eigenvalue weighted by Crippen LogP contribution is -2.30. The van der Waals surface area contributed by atoms with Crippen molar-refractivity contribution in [2.75, 3.05) is 12.4 Å². The number of carbonyl (C=O) groups excluding carboxylic acids is 1. The maximum absolute atomic E-state index is 12.4. The topological polar surface area (TPSA) is 75.9 Å². The van der Waals surface area contributed by atoms with E-state index in [0.717, 1.165) is 16.8 Å². The van der Waals surface area contributed by atoms with Crippen molar-refractivity contribution in [3.8, 4) is 5.69 Å². The van der Waals surface area contributed by atoms with Gasteiger partial charge in [-0.05, 0) is 40.6 Å². The third-order valence-electron chi connectivity index (χ3n) is 3.67. The van der Waals surface area contributed by atoms with Crippen LogP contribution >= 0.6 is 0 Å². The van der Waals surface area contributed by atoms with Crippen molar-refractivity contribution in [1.82, 2.24) is 25.1 Å². The molecule has 0 atom stereocenters. The van der Waals surface area contributed by atoms with Gasteiger partial charge in [-0.2, -0.15) is 0 Å². The molecule has 0 aliphatic rings. The number of benzene rings is 2. The molecule has 7 nitrogen and oxygen atoms in total. The number of urea groups is 1. The van der Waals surface area contributed by atoms with Crippen LogP contribution < -0.4 is 5.32 Å². The number of tetrazole rings is 1. The Hall–Kier alpha value is -3.22. The highest BCUT2D eigenvalue weighted by Gasteiger charge is 2.11. The predicted octanol–water partition coefficient (Wildman–Crippen LogP) is 2.63. The van der Waals surface area contributed by atoms with Crippen LogP contribution in [0.2, 0.25) is 0 Å². The molecule has 1 N–H and O–H groups in total. The number of amides is 2. The molecule has 0 spiro atoms. The standard InChI is InChI=1S/C17H18N6O/c1-13-8-9-15(10-16(13)23-12-18-20-21-23)19-17(24)22(2)11-14-6-4-3-5-7-14/h3-10,12H,11H2,1-2H3,(H,19,24). The number of aryl methyl sites for hydroxylation is 1. The van der Waals surface area contributed by atoms with Crippen LogP contribution in [0.5, 0.6) is 0 Å². The molecule has 0 radical (unpaired) electrons. The van der Waals surface area contributed by atoms with Gasteiger partial charge in [-0.3, -0.25) is 0 Å². The first-order valence-corrected chi connectivity index (χ1v) is 7.53. The molecule has 0 aliphatic carbocycles.